The number of anilines is 1. The molecular weight excluding hydrogens is 391 g/mol. The van der Waals surface area contributed by atoms with E-state index in [9.17, 15) is 9.18 Å². The molecule has 2 aliphatic rings. The van der Waals surface area contributed by atoms with Gasteiger partial charge in [-0.15, -0.1) is 0 Å². The van der Waals surface area contributed by atoms with E-state index in [1.54, 1.807) is 18.2 Å². The summed E-state index contributed by atoms with van der Waals surface area (Å²) in [6, 6.07) is 12.9. The lowest BCUT2D eigenvalue weighted by molar-refractivity contribution is -0.931. The molecule has 0 radical (unpaired) electrons. The van der Waals surface area contributed by atoms with Crippen LogP contribution >= 0.6 is 11.6 Å². The minimum atomic E-state index is -0.550. The lowest BCUT2D eigenvalue weighted by Gasteiger charge is -2.44. The van der Waals surface area contributed by atoms with Crippen molar-refractivity contribution in [3.63, 3.8) is 0 Å². The predicted octanol–water partition coefficient (Wildman–Crippen LogP) is 5.71. The molecule has 2 aromatic carbocycles. The molecule has 2 fully saturated rings. The van der Waals surface area contributed by atoms with E-state index in [4.69, 9.17) is 16.3 Å². The lowest BCUT2D eigenvalue weighted by Crippen LogP contribution is -2.55. The molecule has 154 valence electrons. The Labute approximate surface area is 176 Å². The van der Waals surface area contributed by atoms with E-state index in [1.807, 2.05) is 12.1 Å². The number of piperidine rings is 1. The molecule has 1 amide bonds. The summed E-state index contributed by atoms with van der Waals surface area (Å²) in [7, 11) is 4.63. The van der Waals surface area contributed by atoms with Gasteiger partial charge in [-0.05, 0) is 35.9 Å². The maximum absolute atomic E-state index is 13.8. The topological polar surface area (TPSA) is 38.3 Å². The molecule has 2 aromatic rings. The van der Waals surface area contributed by atoms with Gasteiger partial charge in [0.05, 0.1) is 38.5 Å². The first kappa shape index (κ1) is 20.2. The van der Waals surface area contributed by atoms with Crippen molar-refractivity contribution in [1.29, 1.82) is 0 Å². The van der Waals surface area contributed by atoms with E-state index in [1.165, 1.54) is 25.0 Å². The van der Waals surface area contributed by atoms with Crippen molar-refractivity contribution in [2.24, 2.45) is 5.92 Å². The van der Waals surface area contributed by atoms with E-state index in [2.05, 4.69) is 19.4 Å². The van der Waals surface area contributed by atoms with Crippen molar-refractivity contribution < 1.29 is 18.4 Å². The van der Waals surface area contributed by atoms with E-state index in [-0.39, 0.29) is 0 Å². The maximum Gasteiger partial charge on any atom is 0.411 e. The fourth-order valence-electron chi connectivity index (χ4n) is 5.00. The molecule has 2 saturated heterocycles. The number of quaternary nitrogens is 1. The van der Waals surface area contributed by atoms with Crippen LogP contribution in [0.3, 0.4) is 0 Å². The van der Waals surface area contributed by atoms with Crippen LogP contribution < -0.4 is 5.32 Å². The third-order valence-electron chi connectivity index (χ3n) is 6.73. The first-order valence-electron chi connectivity index (χ1n) is 10.2. The number of amides is 1. The monoisotopic (exact) mass is 417 g/mol. The minimum absolute atomic E-state index is 0.374. The first-order chi connectivity index (χ1) is 13.8. The van der Waals surface area contributed by atoms with Crippen LogP contribution in [0.1, 0.15) is 25.7 Å². The Morgan fingerprint density at radius 1 is 1.17 bits per heavy atom. The van der Waals surface area contributed by atoms with Gasteiger partial charge in [0.1, 0.15) is 5.82 Å². The van der Waals surface area contributed by atoms with Crippen molar-refractivity contribution in [3.8, 4) is 11.1 Å². The van der Waals surface area contributed by atoms with E-state index >= 15 is 0 Å². The predicted molar refractivity (Wildman–Crippen MR) is 113 cm³/mol. The van der Waals surface area contributed by atoms with Crippen LogP contribution in [0.25, 0.3) is 11.1 Å². The molecule has 2 aliphatic heterocycles. The third-order valence-corrected chi connectivity index (χ3v) is 6.97. The molecule has 2 heterocycles. The largest absolute Gasteiger partial charge is 0.449 e. The first-order valence-corrected chi connectivity index (χ1v) is 10.5. The number of halogens is 2. The van der Waals surface area contributed by atoms with Gasteiger partial charge in [0.25, 0.3) is 0 Å². The number of rotatable bonds is 4. The number of hydrogen-bond acceptors (Lipinski definition) is 2. The highest BCUT2D eigenvalue weighted by Gasteiger charge is 2.48. The summed E-state index contributed by atoms with van der Waals surface area (Å²) >= 11 is 6.08. The van der Waals surface area contributed by atoms with Crippen molar-refractivity contribution in [2.75, 3.05) is 26.0 Å². The summed E-state index contributed by atoms with van der Waals surface area (Å²) in [6.07, 6.45) is 4.14. The van der Waals surface area contributed by atoms with Crippen LogP contribution in [0.2, 0.25) is 5.02 Å². The molecule has 4 nitrogen and oxygen atoms in total. The summed E-state index contributed by atoms with van der Waals surface area (Å²) in [5, 5.41) is 3.29. The highest BCUT2D eigenvalue weighted by molar-refractivity contribution is 6.30. The quantitative estimate of drug-likeness (QED) is 0.647. The third kappa shape index (κ3) is 4.26. The molecule has 2 bridgehead atoms. The van der Waals surface area contributed by atoms with Crippen molar-refractivity contribution in [3.05, 3.63) is 53.3 Å². The average molecular weight is 418 g/mol. The lowest BCUT2D eigenvalue weighted by atomic mass is 9.90. The molecule has 1 N–H and O–H groups in total. The second-order valence-electron chi connectivity index (χ2n) is 8.78. The van der Waals surface area contributed by atoms with E-state index in [0.717, 1.165) is 22.9 Å². The van der Waals surface area contributed by atoms with Gasteiger partial charge < -0.3 is 9.22 Å². The van der Waals surface area contributed by atoms with Gasteiger partial charge >= 0.3 is 6.09 Å². The van der Waals surface area contributed by atoms with Gasteiger partial charge in [-0.2, -0.15) is 0 Å². The van der Waals surface area contributed by atoms with Gasteiger partial charge in [0.2, 0.25) is 0 Å². The van der Waals surface area contributed by atoms with Gasteiger partial charge in [0.15, 0.2) is 0 Å². The Hall–Kier alpha value is -2.11. The Balaban J connectivity index is 1.41. The van der Waals surface area contributed by atoms with Crippen LogP contribution in [-0.2, 0) is 4.74 Å². The highest BCUT2D eigenvalue weighted by atomic mass is 35.5. The van der Waals surface area contributed by atoms with Crippen molar-refractivity contribution in [2.45, 2.75) is 37.8 Å². The average Bonchev–Trinajstić information content (AvgIpc) is 2.84. The number of fused-ring (bicyclic) bond motifs is 2. The number of nitrogens with zero attached hydrogens (tertiary/aromatic N) is 1. The Bertz CT molecular complexity index is 902. The summed E-state index contributed by atoms with van der Waals surface area (Å²) in [6.45, 7) is 0.403. The number of carbonyl (C=O) groups is 1. The van der Waals surface area contributed by atoms with E-state index in [0.29, 0.717) is 40.9 Å². The van der Waals surface area contributed by atoms with Gasteiger partial charge in [-0.3, -0.25) is 5.32 Å². The fourth-order valence-corrected chi connectivity index (χ4v) is 5.19. The zero-order chi connectivity index (χ0) is 20.6. The second kappa shape index (κ2) is 7.96. The van der Waals surface area contributed by atoms with Gasteiger partial charge in [0, 0.05) is 42.2 Å². The standard InChI is InChI=1S/C23H26ClFN2O2/c1-27(2)19-7-8-20(27)11-15(10-19)14-29-23(28)26-22-13-18(25)6-9-21(22)16-4-3-5-17(24)12-16/h3-6,9,12-13,15,19-20H,7-8,10-11,14H2,1-2H3/p+1. The van der Waals surface area contributed by atoms with Gasteiger partial charge in [-0.1, -0.05) is 23.7 Å². The highest BCUT2D eigenvalue weighted by Crippen LogP contribution is 2.42. The molecule has 4 rings (SSSR count). The fraction of sp³-hybridized carbons (Fsp3) is 0.435. The number of ether oxygens (including phenoxy) is 1. The van der Waals surface area contributed by atoms with Crippen LogP contribution in [0.15, 0.2) is 42.5 Å². The van der Waals surface area contributed by atoms with E-state index < -0.39 is 11.9 Å². The number of carbonyl (C=O) groups excluding carboxylic acids is 1. The molecule has 2 unspecified atom stereocenters. The SMILES string of the molecule is C[N+]1(C)C2CCC1CC(COC(=O)Nc1cc(F)ccc1-c1cccc(Cl)c1)C2. The van der Waals surface area contributed by atoms with Crippen LogP contribution in [0.4, 0.5) is 14.9 Å². The van der Waals surface area contributed by atoms with Crippen LogP contribution in [0, 0.1) is 11.7 Å². The molecular formula is C23H27ClFN2O2+. The molecule has 0 saturated carbocycles. The molecule has 2 atom stereocenters. The summed E-state index contributed by atoms with van der Waals surface area (Å²) in [4.78, 5) is 12.4. The minimum Gasteiger partial charge on any atom is -0.449 e. The smallest absolute Gasteiger partial charge is 0.411 e. The number of benzene rings is 2. The van der Waals surface area contributed by atoms with Crippen LogP contribution in [0.5, 0.6) is 0 Å². The summed E-state index contributed by atoms with van der Waals surface area (Å²) in [5.74, 6) is -0.0285. The number of hydrogen-bond donors (Lipinski definition) is 1. The Morgan fingerprint density at radius 2 is 1.90 bits per heavy atom. The van der Waals surface area contributed by atoms with Gasteiger partial charge in [-0.25, -0.2) is 9.18 Å². The number of nitrogens with one attached hydrogen (secondary N) is 1. The summed E-state index contributed by atoms with van der Waals surface area (Å²) in [5.41, 5.74) is 1.87. The Kier molecular flexibility index (Phi) is 5.54. The molecule has 0 aromatic heterocycles. The maximum atomic E-state index is 13.8. The zero-order valence-corrected chi connectivity index (χ0v) is 17.6. The zero-order valence-electron chi connectivity index (χ0n) is 16.8. The second-order valence-corrected chi connectivity index (χ2v) is 9.21. The van der Waals surface area contributed by atoms with Crippen molar-refractivity contribution >= 4 is 23.4 Å². The molecule has 0 aliphatic carbocycles. The Morgan fingerprint density at radius 3 is 2.59 bits per heavy atom. The normalized spacial score (nSPS) is 24.9. The molecule has 29 heavy (non-hydrogen) atoms. The molecule has 0 spiro atoms. The summed E-state index contributed by atoms with van der Waals surface area (Å²) < 4.78 is 20.4. The van der Waals surface area contributed by atoms with Crippen LogP contribution in [-0.4, -0.2) is 43.4 Å². The van der Waals surface area contributed by atoms with Crippen molar-refractivity contribution in [1.82, 2.24) is 0 Å². The molecule has 6 heteroatoms.